The molecule has 3 heterocycles. The van der Waals surface area contributed by atoms with Crippen LogP contribution in [0.2, 0.25) is 0 Å². The highest BCUT2D eigenvalue weighted by molar-refractivity contribution is 6.18. The number of carbonyl (C=O) groups is 1. The summed E-state index contributed by atoms with van der Waals surface area (Å²) in [5, 5.41) is 14.3. The molecule has 4 aromatic rings. The molecule has 2 aromatic heterocycles. The predicted octanol–water partition coefficient (Wildman–Crippen LogP) is 4.71. The van der Waals surface area contributed by atoms with Crippen LogP contribution in [0.1, 0.15) is 42.6 Å². The zero-order valence-corrected chi connectivity index (χ0v) is 19.7. The van der Waals surface area contributed by atoms with E-state index in [1.54, 1.807) is 44.3 Å². The van der Waals surface area contributed by atoms with E-state index in [1.807, 2.05) is 30.3 Å². The van der Waals surface area contributed by atoms with E-state index in [1.165, 1.54) is 6.33 Å². The summed E-state index contributed by atoms with van der Waals surface area (Å²) in [5.74, 6) is 1.83. The molecule has 35 heavy (non-hydrogen) atoms. The average molecular weight is 473 g/mol. The third kappa shape index (κ3) is 5.03. The van der Waals surface area contributed by atoms with Crippen molar-refractivity contribution in [1.82, 2.24) is 15.0 Å². The molecule has 2 atom stereocenters. The Morgan fingerprint density at radius 2 is 1.83 bits per heavy atom. The molecule has 0 bridgehead atoms. The maximum Gasteiger partial charge on any atom is 0.195 e. The number of aromatic amines is 1. The Morgan fingerprint density at radius 1 is 1.09 bits per heavy atom. The summed E-state index contributed by atoms with van der Waals surface area (Å²) in [7, 11) is 0. The Morgan fingerprint density at radius 3 is 2.51 bits per heavy atom. The van der Waals surface area contributed by atoms with E-state index in [-0.39, 0.29) is 17.9 Å². The first-order chi connectivity index (χ1) is 16.9. The first-order valence-corrected chi connectivity index (χ1v) is 11.7. The zero-order chi connectivity index (χ0) is 24.4. The Kier molecular flexibility index (Phi) is 6.23. The summed E-state index contributed by atoms with van der Waals surface area (Å²) in [6.45, 7) is 3.96. The van der Waals surface area contributed by atoms with Gasteiger partial charge in [-0.05, 0) is 63.1 Å². The second kappa shape index (κ2) is 9.48. The van der Waals surface area contributed by atoms with Gasteiger partial charge in [0, 0.05) is 11.8 Å². The highest BCUT2D eigenvalue weighted by Crippen LogP contribution is 2.30. The van der Waals surface area contributed by atoms with Gasteiger partial charge in [0.1, 0.15) is 29.3 Å². The molecule has 0 aliphatic carbocycles. The molecule has 1 fully saturated rings. The Hall–Kier alpha value is -3.75. The topological polar surface area (TPSA) is 109 Å². The zero-order valence-electron chi connectivity index (χ0n) is 19.7. The number of fused-ring (bicyclic) bond motifs is 1. The first-order valence-electron chi connectivity index (χ1n) is 11.7. The minimum atomic E-state index is -0.880. The quantitative estimate of drug-likeness (QED) is 0.334. The molecule has 180 valence electrons. The van der Waals surface area contributed by atoms with Gasteiger partial charge < -0.3 is 24.9 Å². The van der Waals surface area contributed by atoms with Crippen molar-refractivity contribution < 1.29 is 19.4 Å². The van der Waals surface area contributed by atoms with Gasteiger partial charge >= 0.3 is 0 Å². The predicted molar refractivity (Wildman–Crippen MR) is 133 cm³/mol. The van der Waals surface area contributed by atoms with E-state index in [2.05, 4.69) is 20.3 Å². The molecule has 1 saturated heterocycles. The normalized spacial score (nSPS) is 18.4. The van der Waals surface area contributed by atoms with Gasteiger partial charge in [-0.15, -0.1) is 0 Å². The van der Waals surface area contributed by atoms with Crippen LogP contribution >= 0.6 is 0 Å². The number of carbonyl (C=O) groups excluding carboxylic acids is 1. The van der Waals surface area contributed by atoms with Crippen molar-refractivity contribution in [2.45, 2.75) is 44.4 Å². The Bertz CT molecular complexity index is 1300. The average Bonchev–Trinajstić information content (AvgIpc) is 3.30. The van der Waals surface area contributed by atoms with Crippen LogP contribution < -0.4 is 10.1 Å². The standard InChI is InChI=1S/C27H28N4O4/c1-27(2,33)22-13-10-18(15-34-22)31-26-23-21(14-28-25(23)29-16-30-26)24(32)17-8-11-20(12-9-17)35-19-6-4-3-5-7-19/h3-9,11-12,14,16,18,22,33H,10,13,15H2,1-2H3,(H2,28,29,30,31)/t18-,22?/m1/s1. The van der Waals surface area contributed by atoms with E-state index in [0.29, 0.717) is 40.3 Å². The van der Waals surface area contributed by atoms with Crippen LogP contribution in [0.25, 0.3) is 11.0 Å². The molecule has 0 spiro atoms. The van der Waals surface area contributed by atoms with Gasteiger partial charge in [-0.3, -0.25) is 4.79 Å². The van der Waals surface area contributed by atoms with Gasteiger partial charge in [0.25, 0.3) is 0 Å². The van der Waals surface area contributed by atoms with E-state index in [9.17, 15) is 9.90 Å². The molecule has 8 nitrogen and oxygen atoms in total. The van der Waals surface area contributed by atoms with Gasteiger partial charge in [0.15, 0.2) is 5.78 Å². The third-order valence-electron chi connectivity index (χ3n) is 6.21. The fourth-order valence-electron chi connectivity index (χ4n) is 4.32. The smallest absolute Gasteiger partial charge is 0.195 e. The molecule has 0 radical (unpaired) electrons. The fourth-order valence-corrected chi connectivity index (χ4v) is 4.32. The van der Waals surface area contributed by atoms with E-state index >= 15 is 0 Å². The summed E-state index contributed by atoms with van der Waals surface area (Å²) < 4.78 is 11.7. The second-order valence-corrected chi connectivity index (χ2v) is 9.31. The van der Waals surface area contributed by atoms with Gasteiger partial charge in [-0.1, -0.05) is 18.2 Å². The molecule has 1 unspecified atom stereocenters. The number of aromatic nitrogens is 3. The van der Waals surface area contributed by atoms with Crippen LogP contribution in [0, 0.1) is 0 Å². The first kappa shape index (κ1) is 23.0. The van der Waals surface area contributed by atoms with Crippen LogP contribution in [-0.2, 0) is 4.74 Å². The number of aliphatic hydroxyl groups is 1. The number of nitrogens with zero attached hydrogens (tertiary/aromatic N) is 2. The van der Waals surface area contributed by atoms with Crippen LogP contribution in [0.5, 0.6) is 11.5 Å². The number of ether oxygens (including phenoxy) is 2. The minimum Gasteiger partial charge on any atom is -0.457 e. The van der Waals surface area contributed by atoms with Gasteiger partial charge in [-0.25, -0.2) is 9.97 Å². The van der Waals surface area contributed by atoms with Crippen molar-refractivity contribution in [2.75, 3.05) is 11.9 Å². The molecule has 0 amide bonds. The van der Waals surface area contributed by atoms with Crippen molar-refractivity contribution in [2.24, 2.45) is 0 Å². The third-order valence-corrected chi connectivity index (χ3v) is 6.21. The maximum atomic E-state index is 13.4. The number of para-hydroxylation sites is 1. The summed E-state index contributed by atoms with van der Waals surface area (Å²) in [6.07, 6.45) is 4.48. The number of hydrogen-bond donors (Lipinski definition) is 3. The van der Waals surface area contributed by atoms with E-state index in [4.69, 9.17) is 9.47 Å². The largest absolute Gasteiger partial charge is 0.457 e. The number of rotatable bonds is 7. The van der Waals surface area contributed by atoms with Crippen molar-refractivity contribution >= 4 is 22.6 Å². The van der Waals surface area contributed by atoms with Crippen molar-refractivity contribution in [3.8, 4) is 11.5 Å². The van der Waals surface area contributed by atoms with Gasteiger partial charge in [-0.2, -0.15) is 0 Å². The number of hydrogen-bond acceptors (Lipinski definition) is 7. The van der Waals surface area contributed by atoms with Crippen molar-refractivity contribution in [1.29, 1.82) is 0 Å². The summed E-state index contributed by atoms with van der Waals surface area (Å²) in [5.41, 5.74) is 0.733. The lowest BCUT2D eigenvalue weighted by atomic mass is 9.93. The molecule has 3 N–H and O–H groups in total. The number of nitrogens with one attached hydrogen (secondary N) is 2. The molecule has 1 aliphatic heterocycles. The molecular formula is C27H28N4O4. The van der Waals surface area contributed by atoms with E-state index in [0.717, 1.165) is 18.6 Å². The minimum absolute atomic E-state index is 0.0129. The van der Waals surface area contributed by atoms with Crippen molar-refractivity contribution in [3.05, 3.63) is 78.2 Å². The number of anilines is 1. The molecule has 8 heteroatoms. The molecule has 1 aliphatic rings. The lowest BCUT2D eigenvalue weighted by molar-refractivity contribution is -0.110. The van der Waals surface area contributed by atoms with E-state index < -0.39 is 5.60 Å². The molecule has 5 rings (SSSR count). The number of ketones is 1. The fraction of sp³-hybridized carbons (Fsp3) is 0.296. The van der Waals surface area contributed by atoms with Crippen LogP contribution in [0.3, 0.4) is 0 Å². The molecular weight excluding hydrogens is 444 g/mol. The van der Waals surface area contributed by atoms with Gasteiger partial charge in [0.05, 0.1) is 35.3 Å². The number of H-pyrrole nitrogens is 1. The second-order valence-electron chi connectivity index (χ2n) is 9.31. The highest BCUT2D eigenvalue weighted by atomic mass is 16.5. The van der Waals surface area contributed by atoms with Crippen LogP contribution in [0.15, 0.2) is 67.1 Å². The van der Waals surface area contributed by atoms with Crippen LogP contribution in [-0.4, -0.2) is 50.2 Å². The molecule has 2 aromatic carbocycles. The monoisotopic (exact) mass is 472 g/mol. The summed E-state index contributed by atoms with van der Waals surface area (Å²) >= 11 is 0. The molecule has 0 saturated carbocycles. The maximum absolute atomic E-state index is 13.4. The Balaban J connectivity index is 1.34. The Labute approximate surface area is 203 Å². The van der Waals surface area contributed by atoms with Gasteiger partial charge in [0.2, 0.25) is 0 Å². The highest BCUT2D eigenvalue weighted by Gasteiger charge is 2.33. The van der Waals surface area contributed by atoms with Crippen molar-refractivity contribution in [3.63, 3.8) is 0 Å². The van der Waals surface area contributed by atoms with Crippen LogP contribution in [0.4, 0.5) is 5.82 Å². The summed E-state index contributed by atoms with van der Waals surface area (Å²) in [4.78, 5) is 25.2. The summed E-state index contributed by atoms with van der Waals surface area (Å²) in [6, 6.07) is 16.6. The SMILES string of the molecule is CC(C)(O)C1CC[C@@H](Nc2ncnc3[nH]cc(C(=O)c4ccc(Oc5ccccc5)cc4)c23)CO1. The lowest BCUT2D eigenvalue weighted by Gasteiger charge is -2.36. The lowest BCUT2D eigenvalue weighted by Crippen LogP contribution is -2.45. The number of benzene rings is 2.